The van der Waals surface area contributed by atoms with Gasteiger partial charge in [0, 0.05) is 31.8 Å². The van der Waals surface area contributed by atoms with Gasteiger partial charge in [0.05, 0.1) is 4.90 Å². The molecule has 1 aliphatic carbocycles. The Morgan fingerprint density at radius 3 is 2.57 bits per heavy atom. The van der Waals surface area contributed by atoms with Gasteiger partial charge in [-0.05, 0) is 43.4 Å². The second-order valence-corrected chi connectivity index (χ2v) is 7.52. The van der Waals surface area contributed by atoms with E-state index in [0.717, 1.165) is 24.9 Å². The van der Waals surface area contributed by atoms with E-state index in [1.807, 2.05) is 12.1 Å². The standard InChI is InChI=1S/C15H22N2O3S/c18-21(19,17-14-6-8-20-9-7-14)15-3-1-2-12(10-15)11-16-13-4-5-13/h1-3,10,13-14,16-17H,4-9,11H2. The van der Waals surface area contributed by atoms with E-state index in [1.165, 1.54) is 12.8 Å². The molecule has 0 amide bonds. The molecule has 2 fully saturated rings. The molecule has 6 heteroatoms. The van der Waals surface area contributed by atoms with E-state index in [0.29, 0.717) is 24.2 Å². The minimum atomic E-state index is -3.44. The first-order valence-corrected chi connectivity index (χ1v) is 9.04. The highest BCUT2D eigenvalue weighted by molar-refractivity contribution is 7.89. The van der Waals surface area contributed by atoms with Crippen LogP contribution < -0.4 is 10.0 Å². The molecular formula is C15H22N2O3S. The van der Waals surface area contributed by atoms with Crippen molar-refractivity contribution >= 4 is 10.0 Å². The fourth-order valence-corrected chi connectivity index (χ4v) is 3.85. The zero-order chi connectivity index (χ0) is 14.7. The Hall–Kier alpha value is -0.950. The van der Waals surface area contributed by atoms with E-state index >= 15 is 0 Å². The quantitative estimate of drug-likeness (QED) is 0.833. The zero-order valence-electron chi connectivity index (χ0n) is 12.0. The number of benzene rings is 1. The van der Waals surface area contributed by atoms with Crippen molar-refractivity contribution in [1.82, 2.24) is 10.0 Å². The molecule has 1 saturated heterocycles. The van der Waals surface area contributed by atoms with Gasteiger partial charge in [0.2, 0.25) is 10.0 Å². The van der Waals surface area contributed by atoms with Crippen molar-refractivity contribution in [3.63, 3.8) is 0 Å². The monoisotopic (exact) mass is 310 g/mol. The maximum Gasteiger partial charge on any atom is 0.240 e. The average molecular weight is 310 g/mol. The molecule has 1 aromatic carbocycles. The molecular weight excluding hydrogens is 288 g/mol. The summed E-state index contributed by atoms with van der Waals surface area (Å²) in [4.78, 5) is 0.351. The molecule has 0 radical (unpaired) electrons. The summed E-state index contributed by atoms with van der Waals surface area (Å²) in [6.07, 6.45) is 3.93. The van der Waals surface area contributed by atoms with Crippen LogP contribution in [0.5, 0.6) is 0 Å². The van der Waals surface area contributed by atoms with Gasteiger partial charge < -0.3 is 10.1 Å². The van der Waals surface area contributed by atoms with E-state index in [2.05, 4.69) is 10.0 Å². The normalized spacial score (nSPS) is 20.6. The largest absolute Gasteiger partial charge is 0.381 e. The van der Waals surface area contributed by atoms with Gasteiger partial charge >= 0.3 is 0 Å². The number of rotatable bonds is 6. The van der Waals surface area contributed by atoms with Crippen molar-refractivity contribution in [2.24, 2.45) is 0 Å². The molecule has 5 nitrogen and oxygen atoms in total. The first-order valence-electron chi connectivity index (χ1n) is 7.56. The molecule has 1 aliphatic heterocycles. The molecule has 0 spiro atoms. The van der Waals surface area contributed by atoms with E-state index in [9.17, 15) is 8.42 Å². The molecule has 1 heterocycles. The number of nitrogens with one attached hydrogen (secondary N) is 2. The van der Waals surface area contributed by atoms with E-state index < -0.39 is 10.0 Å². The Kier molecular flexibility index (Phi) is 4.59. The molecule has 2 aliphatic rings. The SMILES string of the molecule is O=S(=O)(NC1CCOCC1)c1cccc(CNC2CC2)c1. The molecule has 0 aromatic heterocycles. The van der Waals surface area contributed by atoms with Crippen LogP contribution in [-0.2, 0) is 21.3 Å². The van der Waals surface area contributed by atoms with Gasteiger partial charge in [-0.25, -0.2) is 13.1 Å². The van der Waals surface area contributed by atoms with Crippen molar-refractivity contribution in [3.8, 4) is 0 Å². The predicted molar refractivity (Wildman–Crippen MR) is 80.5 cm³/mol. The van der Waals surface area contributed by atoms with E-state index in [4.69, 9.17) is 4.74 Å². The third-order valence-electron chi connectivity index (χ3n) is 3.92. The first-order chi connectivity index (χ1) is 10.1. The lowest BCUT2D eigenvalue weighted by atomic mass is 10.1. The third-order valence-corrected chi connectivity index (χ3v) is 5.44. The van der Waals surface area contributed by atoms with Crippen molar-refractivity contribution in [1.29, 1.82) is 0 Å². The van der Waals surface area contributed by atoms with E-state index in [1.54, 1.807) is 12.1 Å². The second kappa shape index (κ2) is 6.44. The van der Waals surface area contributed by atoms with Crippen molar-refractivity contribution in [2.75, 3.05) is 13.2 Å². The van der Waals surface area contributed by atoms with Gasteiger partial charge in [-0.1, -0.05) is 12.1 Å². The molecule has 3 rings (SSSR count). The van der Waals surface area contributed by atoms with Crippen LogP contribution in [0.3, 0.4) is 0 Å². The Morgan fingerprint density at radius 1 is 1.10 bits per heavy atom. The second-order valence-electron chi connectivity index (χ2n) is 5.81. The van der Waals surface area contributed by atoms with Crippen LogP contribution >= 0.6 is 0 Å². The van der Waals surface area contributed by atoms with Crippen LogP contribution in [0, 0.1) is 0 Å². The summed E-state index contributed by atoms with van der Waals surface area (Å²) in [5.74, 6) is 0. The number of hydrogen-bond acceptors (Lipinski definition) is 4. The summed E-state index contributed by atoms with van der Waals surface area (Å²) < 4.78 is 32.9. The van der Waals surface area contributed by atoms with Gasteiger partial charge in [0.15, 0.2) is 0 Å². The van der Waals surface area contributed by atoms with Gasteiger partial charge in [-0.3, -0.25) is 0 Å². The molecule has 116 valence electrons. The topological polar surface area (TPSA) is 67.4 Å². The maximum atomic E-state index is 12.4. The first kappa shape index (κ1) is 15.0. The molecule has 1 saturated carbocycles. The number of sulfonamides is 1. The van der Waals surface area contributed by atoms with Gasteiger partial charge in [0.25, 0.3) is 0 Å². The smallest absolute Gasteiger partial charge is 0.240 e. The minimum Gasteiger partial charge on any atom is -0.381 e. The summed E-state index contributed by atoms with van der Waals surface area (Å²) in [5, 5.41) is 3.40. The molecule has 0 atom stereocenters. The highest BCUT2D eigenvalue weighted by Crippen LogP contribution is 2.20. The van der Waals surface area contributed by atoms with Crippen LogP contribution in [0.25, 0.3) is 0 Å². The number of ether oxygens (including phenoxy) is 1. The lowest BCUT2D eigenvalue weighted by Gasteiger charge is -2.23. The summed E-state index contributed by atoms with van der Waals surface area (Å²) in [5.41, 5.74) is 1.01. The Morgan fingerprint density at radius 2 is 1.86 bits per heavy atom. The Bertz CT molecular complexity index is 578. The average Bonchev–Trinajstić information content (AvgIpc) is 3.30. The highest BCUT2D eigenvalue weighted by Gasteiger charge is 2.23. The summed E-state index contributed by atoms with van der Waals surface area (Å²) in [6.45, 7) is 1.97. The Balaban J connectivity index is 1.66. The number of hydrogen-bond donors (Lipinski definition) is 2. The molecule has 0 unspecified atom stereocenters. The summed E-state index contributed by atoms with van der Waals surface area (Å²) in [7, 11) is -3.44. The van der Waals surface area contributed by atoms with Crippen LogP contribution in [0.15, 0.2) is 29.2 Å². The van der Waals surface area contributed by atoms with Crippen LogP contribution in [-0.4, -0.2) is 33.7 Å². The van der Waals surface area contributed by atoms with Crippen LogP contribution in [0.1, 0.15) is 31.2 Å². The summed E-state index contributed by atoms with van der Waals surface area (Å²) >= 11 is 0. The van der Waals surface area contributed by atoms with Gasteiger partial charge in [-0.15, -0.1) is 0 Å². The van der Waals surface area contributed by atoms with E-state index in [-0.39, 0.29) is 6.04 Å². The predicted octanol–water partition coefficient (Wildman–Crippen LogP) is 1.40. The molecule has 21 heavy (non-hydrogen) atoms. The third kappa shape index (κ3) is 4.26. The highest BCUT2D eigenvalue weighted by atomic mass is 32.2. The van der Waals surface area contributed by atoms with Crippen molar-refractivity contribution < 1.29 is 13.2 Å². The van der Waals surface area contributed by atoms with Crippen molar-refractivity contribution in [2.45, 2.75) is 49.2 Å². The van der Waals surface area contributed by atoms with Gasteiger partial charge in [-0.2, -0.15) is 0 Å². The summed E-state index contributed by atoms with van der Waals surface area (Å²) in [6, 6.07) is 7.78. The fourth-order valence-electron chi connectivity index (χ4n) is 2.48. The molecule has 0 bridgehead atoms. The molecule has 2 N–H and O–H groups in total. The Labute approximate surface area is 126 Å². The van der Waals surface area contributed by atoms with Crippen molar-refractivity contribution in [3.05, 3.63) is 29.8 Å². The van der Waals surface area contributed by atoms with Crippen LogP contribution in [0.4, 0.5) is 0 Å². The molecule has 1 aromatic rings. The lowest BCUT2D eigenvalue weighted by molar-refractivity contribution is 0.0832. The maximum absolute atomic E-state index is 12.4. The lowest BCUT2D eigenvalue weighted by Crippen LogP contribution is -2.38. The fraction of sp³-hybridized carbons (Fsp3) is 0.600. The van der Waals surface area contributed by atoms with Gasteiger partial charge in [0.1, 0.15) is 0 Å². The van der Waals surface area contributed by atoms with Crippen LogP contribution in [0.2, 0.25) is 0 Å². The minimum absolute atomic E-state index is 0.0167. The zero-order valence-corrected chi connectivity index (χ0v) is 12.9.